The van der Waals surface area contributed by atoms with Crippen LogP contribution in [0.15, 0.2) is 0 Å². The predicted octanol–water partition coefficient (Wildman–Crippen LogP) is 6.98. The van der Waals surface area contributed by atoms with Gasteiger partial charge in [-0.2, -0.15) is 0 Å². The van der Waals surface area contributed by atoms with Crippen molar-refractivity contribution >= 4 is 0 Å². The minimum Gasteiger partial charge on any atom is -0.0654 e. The standard InChI is InChI=1S/C18H38/c1-5-6-7-8-12-15-18(4)16-13-10-9-11-14-17(2)3/h17-18H,5-16H2,1-4H3. The highest BCUT2D eigenvalue weighted by Crippen LogP contribution is 2.18. The van der Waals surface area contributed by atoms with Crippen LogP contribution < -0.4 is 0 Å². The molecule has 0 aliphatic heterocycles. The van der Waals surface area contributed by atoms with Crippen molar-refractivity contribution in [1.82, 2.24) is 0 Å². The molecule has 0 aromatic carbocycles. The van der Waals surface area contributed by atoms with E-state index in [1.807, 2.05) is 0 Å². The van der Waals surface area contributed by atoms with Crippen molar-refractivity contribution in [3.63, 3.8) is 0 Å². The van der Waals surface area contributed by atoms with Crippen LogP contribution in [-0.4, -0.2) is 0 Å². The molecule has 110 valence electrons. The molecule has 0 heterocycles. The van der Waals surface area contributed by atoms with E-state index in [2.05, 4.69) is 27.7 Å². The molecule has 0 aliphatic rings. The van der Waals surface area contributed by atoms with E-state index in [-0.39, 0.29) is 0 Å². The predicted molar refractivity (Wildman–Crippen MR) is 85.1 cm³/mol. The van der Waals surface area contributed by atoms with E-state index in [9.17, 15) is 0 Å². The fraction of sp³-hybridized carbons (Fsp3) is 1.00. The average molecular weight is 255 g/mol. The quantitative estimate of drug-likeness (QED) is 0.311. The lowest BCUT2D eigenvalue weighted by Gasteiger charge is -2.11. The fourth-order valence-corrected chi connectivity index (χ4v) is 2.64. The number of hydrogen-bond acceptors (Lipinski definition) is 0. The van der Waals surface area contributed by atoms with Crippen LogP contribution in [-0.2, 0) is 0 Å². The Morgan fingerprint density at radius 1 is 0.556 bits per heavy atom. The van der Waals surface area contributed by atoms with E-state index in [1.54, 1.807) is 0 Å². The molecule has 0 aliphatic carbocycles. The first-order chi connectivity index (χ1) is 8.66. The Hall–Kier alpha value is 0. The Bertz CT molecular complexity index is 148. The summed E-state index contributed by atoms with van der Waals surface area (Å²) in [5, 5.41) is 0. The number of unbranched alkanes of at least 4 members (excludes halogenated alkanes) is 7. The Kier molecular flexibility index (Phi) is 13.4. The SMILES string of the molecule is CCCCCCCC(C)CCCCCCC(C)C. The largest absolute Gasteiger partial charge is 0.0654 e. The molecule has 0 heteroatoms. The monoisotopic (exact) mass is 254 g/mol. The van der Waals surface area contributed by atoms with E-state index in [0.29, 0.717) is 0 Å². The van der Waals surface area contributed by atoms with Crippen LogP contribution in [0, 0.1) is 11.8 Å². The molecule has 0 amide bonds. The third-order valence-corrected chi connectivity index (χ3v) is 4.03. The fourth-order valence-electron chi connectivity index (χ4n) is 2.64. The minimum absolute atomic E-state index is 0.895. The van der Waals surface area contributed by atoms with Gasteiger partial charge in [0.1, 0.15) is 0 Å². The molecule has 1 unspecified atom stereocenters. The van der Waals surface area contributed by atoms with Gasteiger partial charge < -0.3 is 0 Å². The van der Waals surface area contributed by atoms with Crippen LogP contribution in [0.4, 0.5) is 0 Å². The molecule has 0 rings (SSSR count). The lowest BCUT2D eigenvalue weighted by Crippen LogP contribution is -1.95. The van der Waals surface area contributed by atoms with Gasteiger partial charge in [-0.15, -0.1) is 0 Å². The first kappa shape index (κ1) is 18.0. The molecular weight excluding hydrogens is 216 g/mol. The lowest BCUT2D eigenvalue weighted by molar-refractivity contribution is 0.428. The second kappa shape index (κ2) is 13.4. The van der Waals surface area contributed by atoms with Crippen molar-refractivity contribution in [3.8, 4) is 0 Å². The molecular formula is C18H38. The van der Waals surface area contributed by atoms with Crippen LogP contribution in [0.2, 0.25) is 0 Å². The van der Waals surface area contributed by atoms with Crippen molar-refractivity contribution < 1.29 is 0 Å². The zero-order valence-corrected chi connectivity index (χ0v) is 13.6. The number of rotatable bonds is 13. The molecule has 0 fully saturated rings. The van der Waals surface area contributed by atoms with Gasteiger partial charge in [-0.3, -0.25) is 0 Å². The summed E-state index contributed by atoms with van der Waals surface area (Å²) in [6.45, 7) is 9.41. The topological polar surface area (TPSA) is 0 Å². The second-order valence-electron chi connectivity index (χ2n) is 6.69. The van der Waals surface area contributed by atoms with Gasteiger partial charge in [0, 0.05) is 0 Å². The Morgan fingerprint density at radius 2 is 1.00 bits per heavy atom. The van der Waals surface area contributed by atoms with Crippen LogP contribution in [0.5, 0.6) is 0 Å². The molecule has 0 saturated heterocycles. The highest BCUT2D eigenvalue weighted by atomic mass is 14.1. The van der Waals surface area contributed by atoms with Gasteiger partial charge in [0.05, 0.1) is 0 Å². The van der Waals surface area contributed by atoms with Crippen molar-refractivity contribution in [2.45, 2.75) is 105 Å². The molecule has 18 heavy (non-hydrogen) atoms. The molecule has 0 bridgehead atoms. The number of hydrogen-bond donors (Lipinski definition) is 0. The Morgan fingerprint density at radius 3 is 1.44 bits per heavy atom. The molecule has 0 aromatic heterocycles. The van der Waals surface area contributed by atoms with E-state index in [0.717, 1.165) is 11.8 Å². The normalized spacial score (nSPS) is 13.2. The van der Waals surface area contributed by atoms with Gasteiger partial charge in [-0.05, 0) is 11.8 Å². The smallest absolute Gasteiger partial charge is 0.0443 e. The van der Waals surface area contributed by atoms with Gasteiger partial charge in [0.25, 0.3) is 0 Å². The summed E-state index contributed by atoms with van der Waals surface area (Å²) in [4.78, 5) is 0. The van der Waals surface area contributed by atoms with Gasteiger partial charge >= 0.3 is 0 Å². The lowest BCUT2D eigenvalue weighted by atomic mass is 9.95. The van der Waals surface area contributed by atoms with E-state index < -0.39 is 0 Å². The summed E-state index contributed by atoms with van der Waals surface area (Å²) < 4.78 is 0. The summed E-state index contributed by atoms with van der Waals surface area (Å²) in [5.74, 6) is 1.86. The third-order valence-electron chi connectivity index (χ3n) is 4.03. The molecule has 0 radical (unpaired) electrons. The average Bonchev–Trinajstić information content (AvgIpc) is 2.33. The third kappa shape index (κ3) is 14.1. The summed E-state index contributed by atoms with van der Waals surface area (Å²) in [6, 6.07) is 0. The second-order valence-corrected chi connectivity index (χ2v) is 6.69. The Labute approximate surface area is 117 Å². The zero-order valence-electron chi connectivity index (χ0n) is 13.6. The highest BCUT2D eigenvalue weighted by molar-refractivity contribution is 4.56. The van der Waals surface area contributed by atoms with Gasteiger partial charge in [-0.1, -0.05) is 105 Å². The van der Waals surface area contributed by atoms with E-state index in [4.69, 9.17) is 0 Å². The highest BCUT2D eigenvalue weighted by Gasteiger charge is 2.02. The van der Waals surface area contributed by atoms with Gasteiger partial charge in [0.15, 0.2) is 0 Å². The Balaban J connectivity index is 3.14. The molecule has 0 N–H and O–H groups in total. The summed E-state index contributed by atoms with van der Waals surface area (Å²) >= 11 is 0. The summed E-state index contributed by atoms with van der Waals surface area (Å²) in [5.41, 5.74) is 0. The summed E-state index contributed by atoms with van der Waals surface area (Å²) in [6.07, 6.45) is 17.4. The molecule has 0 nitrogen and oxygen atoms in total. The zero-order chi connectivity index (χ0) is 13.6. The summed E-state index contributed by atoms with van der Waals surface area (Å²) in [7, 11) is 0. The van der Waals surface area contributed by atoms with E-state index in [1.165, 1.54) is 77.0 Å². The van der Waals surface area contributed by atoms with Crippen molar-refractivity contribution in [1.29, 1.82) is 0 Å². The van der Waals surface area contributed by atoms with Crippen LogP contribution in [0.3, 0.4) is 0 Å². The van der Waals surface area contributed by atoms with Crippen molar-refractivity contribution in [3.05, 3.63) is 0 Å². The molecule has 0 spiro atoms. The van der Waals surface area contributed by atoms with Crippen LogP contribution in [0.25, 0.3) is 0 Å². The maximum absolute atomic E-state index is 2.45. The van der Waals surface area contributed by atoms with Crippen molar-refractivity contribution in [2.75, 3.05) is 0 Å². The minimum atomic E-state index is 0.895. The van der Waals surface area contributed by atoms with E-state index >= 15 is 0 Å². The van der Waals surface area contributed by atoms with Crippen LogP contribution >= 0.6 is 0 Å². The molecule has 0 saturated carbocycles. The molecule has 0 aromatic rings. The van der Waals surface area contributed by atoms with Gasteiger partial charge in [-0.25, -0.2) is 0 Å². The van der Waals surface area contributed by atoms with Gasteiger partial charge in [0.2, 0.25) is 0 Å². The first-order valence-corrected chi connectivity index (χ1v) is 8.66. The maximum atomic E-state index is 2.45. The van der Waals surface area contributed by atoms with Crippen LogP contribution in [0.1, 0.15) is 105 Å². The van der Waals surface area contributed by atoms with Crippen molar-refractivity contribution in [2.24, 2.45) is 11.8 Å². The maximum Gasteiger partial charge on any atom is -0.0443 e. The molecule has 1 atom stereocenters. The first-order valence-electron chi connectivity index (χ1n) is 8.66.